The smallest absolute Gasteiger partial charge is 0.0286 e. The number of fused-ring (bicyclic) bond motifs is 1. The van der Waals surface area contributed by atoms with Gasteiger partial charge in [-0.1, -0.05) is 24.3 Å². The van der Waals surface area contributed by atoms with Gasteiger partial charge in [0.05, 0.1) is 0 Å². The average molecular weight is 248 g/mol. The van der Waals surface area contributed by atoms with Crippen molar-refractivity contribution in [2.75, 3.05) is 31.1 Å². The van der Waals surface area contributed by atoms with Gasteiger partial charge in [0.25, 0.3) is 0 Å². The van der Waals surface area contributed by atoms with Gasteiger partial charge in [-0.05, 0) is 17.5 Å². The quantitative estimate of drug-likeness (QED) is 0.858. The van der Waals surface area contributed by atoms with Crippen LogP contribution in [0, 0.1) is 0 Å². The number of benzene rings is 1. The molecule has 92 valence electrons. The average Bonchev–Trinajstić information content (AvgIpc) is 2.40. The van der Waals surface area contributed by atoms with Gasteiger partial charge in [0.2, 0.25) is 0 Å². The molecule has 1 saturated heterocycles. The molecule has 0 spiro atoms. The summed E-state index contributed by atoms with van der Waals surface area (Å²) in [6.07, 6.45) is 1.22. The van der Waals surface area contributed by atoms with Crippen molar-refractivity contribution in [2.45, 2.75) is 19.0 Å². The zero-order chi connectivity index (χ0) is 11.5. The highest BCUT2D eigenvalue weighted by molar-refractivity contribution is 7.99. The standard InChI is InChI=1S/C14H20N2S/c1-2-4-13-9-16(7-5-12(13)3-1)10-14-11-17-8-6-15-14/h1-4,14-15H,5-11H2. The lowest BCUT2D eigenvalue weighted by molar-refractivity contribution is 0.231. The maximum Gasteiger partial charge on any atom is 0.0286 e. The van der Waals surface area contributed by atoms with Crippen LogP contribution in [-0.2, 0) is 13.0 Å². The van der Waals surface area contributed by atoms with Crippen molar-refractivity contribution in [1.82, 2.24) is 10.2 Å². The van der Waals surface area contributed by atoms with Crippen molar-refractivity contribution in [3.63, 3.8) is 0 Å². The van der Waals surface area contributed by atoms with E-state index < -0.39 is 0 Å². The van der Waals surface area contributed by atoms with E-state index in [1.807, 2.05) is 0 Å². The third-order valence-corrected chi connectivity index (χ3v) is 4.82. The molecule has 0 radical (unpaired) electrons. The van der Waals surface area contributed by atoms with Crippen molar-refractivity contribution >= 4 is 11.8 Å². The first-order valence-electron chi connectivity index (χ1n) is 6.52. The molecule has 0 amide bonds. The Hall–Kier alpha value is -0.510. The molecule has 2 aliphatic rings. The Morgan fingerprint density at radius 3 is 3.00 bits per heavy atom. The summed E-state index contributed by atoms with van der Waals surface area (Å²) < 4.78 is 0. The zero-order valence-corrected chi connectivity index (χ0v) is 11.0. The molecule has 0 aromatic heterocycles. The lowest BCUT2D eigenvalue weighted by Gasteiger charge is -2.33. The van der Waals surface area contributed by atoms with Crippen LogP contribution in [0.5, 0.6) is 0 Å². The fraction of sp³-hybridized carbons (Fsp3) is 0.571. The molecule has 0 saturated carbocycles. The second kappa shape index (κ2) is 5.42. The monoisotopic (exact) mass is 248 g/mol. The lowest BCUT2D eigenvalue weighted by atomic mass is 10.00. The van der Waals surface area contributed by atoms with E-state index in [1.165, 1.54) is 43.1 Å². The molecule has 1 N–H and O–H groups in total. The van der Waals surface area contributed by atoms with Gasteiger partial charge < -0.3 is 5.32 Å². The fourth-order valence-corrected chi connectivity index (χ4v) is 3.70. The van der Waals surface area contributed by atoms with Crippen LogP contribution in [0.15, 0.2) is 24.3 Å². The van der Waals surface area contributed by atoms with E-state index >= 15 is 0 Å². The van der Waals surface area contributed by atoms with Gasteiger partial charge in [0, 0.05) is 43.7 Å². The molecule has 1 fully saturated rings. The summed E-state index contributed by atoms with van der Waals surface area (Å²) in [5.41, 5.74) is 3.08. The third-order valence-electron chi connectivity index (χ3n) is 3.69. The van der Waals surface area contributed by atoms with E-state index in [0.717, 1.165) is 6.54 Å². The second-order valence-corrected chi connectivity index (χ2v) is 6.13. The van der Waals surface area contributed by atoms with E-state index in [0.29, 0.717) is 6.04 Å². The summed E-state index contributed by atoms with van der Waals surface area (Å²) in [7, 11) is 0. The van der Waals surface area contributed by atoms with Crippen molar-refractivity contribution < 1.29 is 0 Å². The first-order chi connectivity index (χ1) is 8.42. The van der Waals surface area contributed by atoms with Crippen LogP contribution in [0.4, 0.5) is 0 Å². The Morgan fingerprint density at radius 1 is 1.29 bits per heavy atom. The molecule has 2 heterocycles. The van der Waals surface area contributed by atoms with Gasteiger partial charge in [-0.3, -0.25) is 4.90 Å². The van der Waals surface area contributed by atoms with E-state index in [1.54, 1.807) is 5.56 Å². The minimum absolute atomic E-state index is 0.694. The minimum Gasteiger partial charge on any atom is -0.311 e. The number of hydrogen-bond donors (Lipinski definition) is 1. The molecule has 1 aromatic carbocycles. The predicted octanol–water partition coefficient (Wildman–Crippen LogP) is 1.75. The maximum atomic E-state index is 3.63. The van der Waals surface area contributed by atoms with Crippen molar-refractivity contribution in [2.24, 2.45) is 0 Å². The highest BCUT2D eigenvalue weighted by Crippen LogP contribution is 2.19. The molecule has 1 atom stereocenters. The maximum absolute atomic E-state index is 3.63. The predicted molar refractivity (Wildman–Crippen MR) is 74.5 cm³/mol. The molecule has 0 bridgehead atoms. The van der Waals surface area contributed by atoms with Crippen LogP contribution < -0.4 is 5.32 Å². The number of nitrogens with one attached hydrogen (secondary N) is 1. The Bertz CT molecular complexity index is 374. The van der Waals surface area contributed by atoms with Crippen LogP contribution in [0.1, 0.15) is 11.1 Å². The van der Waals surface area contributed by atoms with Crippen molar-refractivity contribution in [1.29, 1.82) is 0 Å². The van der Waals surface area contributed by atoms with Crippen LogP contribution in [0.2, 0.25) is 0 Å². The second-order valence-electron chi connectivity index (χ2n) is 4.98. The Morgan fingerprint density at radius 2 is 2.18 bits per heavy atom. The molecular formula is C14H20N2S. The fourth-order valence-electron chi connectivity index (χ4n) is 2.76. The topological polar surface area (TPSA) is 15.3 Å². The Kier molecular flexibility index (Phi) is 3.69. The van der Waals surface area contributed by atoms with Crippen LogP contribution in [0.25, 0.3) is 0 Å². The number of hydrogen-bond acceptors (Lipinski definition) is 3. The first kappa shape index (κ1) is 11.6. The SMILES string of the molecule is c1ccc2c(c1)CCN(CC1CSCCN1)C2. The van der Waals surface area contributed by atoms with Gasteiger partial charge in [-0.2, -0.15) is 11.8 Å². The van der Waals surface area contributed by atoms with Crippen LogP contribution >= 0.6 is 11.8 Å². The van der Waals surface area contributed by atoms with E-state index in [2.05, 4.69) is 46.2 Å². The van der Waals surface area contributed by atoms with E-state index in [4.69, 9.17) is 0 Å². The van der Waals surface area contributed by atoms with Crippen LogP contribution in [0.3, 0.4) is 0 Å². The third kappa shape index (κ3) is 2.84. The Balaban J connectivity index is 1.60. The molecule has 3 rings (SSSR count). The van der Waals surface area contributed by atoms with Crippen LogP contribution in [-0.4, -0.2) is 42.1 Å². The summed E-state index contributed by atoms with van der Waals surface area (Å²) in [6.45, 7) is 4.75. The molecule has 2 aliphatic heterocycles. The van der Waals surface area contributed by atoms with Gasteiger partial charge in [-0.25, -0.2) is 0 Å². The lowest BCUT2D eigenvalue weighted by Crippen LogP contribution is -2.47. The normalized spacial score (nSPS) is 25.5. The summed E-state index contributed by atoms with van der Waals surface area (Å²) >= 11 is 2.09. The van der Waals surface area contributed by atoms with Gasteiger partial charge in [-0.15, -0.1) is 0 Å². The number of nitrogens with zero attached hydrogens (tertiary/aromatic N) is 1. The van der Waals surface area contributed by atoms with Crippen molar-refractivity contribution in [3.8, 4) is 0 Å². The highest BCUT2D eigenvalue weighted by Gasteiger charge is 2.20. The summed E-state index contributed by atoms with van der Waals surface area (Å²) in [6, 6.07) is 9.58. The largest absolute Gasteiger partial charge is 0.311 e. The molecule has 1 aromatic rings. The summed E-state index contributed by atoms with van der Waals surface area (Å²) in [4.78, 5) is 2.60. The van der Waals surface area contributed by atoms with Gasteiger partial charge in [0.1, 0.15) is 0 Å². The van der Waals surface area contributed by atoms with Gasteiger partial charge >= 0.3 is 0 Å². The van der Waals surface area contributed by atoms with E-state index in [9.17, 15) is 0 Å². The molecule has 2 nitrogen and oxygen atoms in total. The zero-order valence-electron chi connectivity index (χ0n) is 10.2. The van der Waals surface area contributed by atoms with Crippen molar-refractivity contribution in [3.05, 3.63) is 35.4 Å². The molecular weight excluding hydrogens is 228 g/mol. The first-order valence-corrected chi connectivity index (χ1v) is 7.67. The number of thioether (sulfide) groups is 1. The minimum atomic E-state index is 0.694. The highest BCUT2D eigenvalue weighted by atomic mass is 32.2. The Labute approximate surface area is 108 Å². The molecule has 17 heavy (non-hydrogen) atoms. The van der Waals surface area contributed by atoms with Gasteiger partial charge in [0.15, 0.2) is 0 Å². The van der Waals surface area contributed by atoms with E-state index in [-0.39, 0.29) is 0 Å². The molecule has 0 aliphatic carbocycles. The summed E-state index contributed by atoms with van der Waals surface area (Å²) in [5, 5.41) is 3.63. The molecule has 3 heteroatoms. The molecule has 1 unspecified atom stereocenters. The summed E-state index contributed by atoms with van der Waals surface area (Å²) in [5.74, 6) is 2.55. The number of rotatable bonds is 2.